The molecule has 39 heavy (non-hydrogen) atoms. The van der Waals surface area contributed by atoms with Crippen LogP contribution in [0.2, 0.25) is 10.0 Å². The molecule has 1 N–H and O–H groups in total. The Morgan fingerprint density at radius 3 is 2.08 bits per heavy atom. The van der Waals surface area contributed by atoms with Crippen molar-refractivity contribution in [1.29, 1.82) is 0 Å². The molecule has 0 aliphatic heterocycles. The summed E-state index contributed by atoms with van der Waals surface area (Å²) in [6.45, 7) is 4.72. The smallest absolute Gasteiger partial charge is 0.244 e. The molecular formula is C28H31Cl2N3O5S. The van der Waals surface area contributed by atoms with Crippen molar-refractivity contribution in [2.45, 2.75) is 39.4 Å². The molecule has 3 aromatic carbocycles. The summed E-state index contributed by atoms with van der Waals surface area (Å²) in [6.07, 6.45) is 1.02. The monoisotopic (exact) mass is 591 g/mol. The molecule has 0 bridgehead atoms. The second kappa shape index (κ2) is 13.2. The van der Waals surface area contributed by atoms with Crippen LogP contribution in [0, 0.1) is 0 Å². The second-order valence-corrected chi connectivity index (χ2v) is 12.0. The predicted octanol–water partition coefficient (Wildman–Crippen LogP) is 5.49. The molecule has 0 aliphatic carbocycles. The highest BCUT2D eigenvalue weighted by Gasteiger charge is 2.30. The lowest BCUT2D eigenvalue weighted by molar-refractivity contribution is -0.139. The van der Waals surface area contributed by atoms with Crippen LogP contribution in [-0.2, 0) is 26.2 Å². The van der Waals surface area contributed by atoms with Gasteiger partial charge in [-0.2, -0.15) is 0 Å². The van der Waals surface area contributed by atoms with Crippen molar-refractivity contribution in [1.82, 2.24) is 10.2 Å². The second-order valence-electron chi connectivity index (χ2n) is 9.29. The summed E-state index contributed by atoms with van der Waals surface area (Å²) >= 11 is 12.2. The highest BCUT2D eigenvalue weighted by Crippen LogP contribution is 2.27. The maximum atomic E-state index is 13.6. The highest BCUT2D eigenvalue weighted by molar-refractivity contribution is 7.92. The summed E-state index contributed by atoms with van der Waals surface area (Å²) in [7, 11) is -3.86. The highest BCUT2D eigenvalue weighted by atomic mass is 35.5. The van der Waals surface area contributed by atoms with Gasteiger partial charge in [0.15, 0.2) is 0 Å². The third-order valence-electron chi connectivity index (χ3n) is 5.72. The third-order valence-corrected chi connectivity index (χ3v) is 7.60. The zero-order valence-corrected chi connectivity index (χ0v) is 24.4. The number of hydrogen-bond donors (Lipinski definition) is 1. The van der Waals surface area contributed by atoms with E-state index >= 15 is 0 Å². The first kappa shape index (κ1) is 30.3. The molecule has 3 aromatic rings. The van der Waals surface area contributed by atoms with Gasteiger partial charge in [-0.1, -0.05) is 47.5 Å². The van der Waals surface area contributed by atoms with Crippen LogP contribution in [0.4, 0.5) is 5.69 Å². The number of rotatable bonds is 11. The third kappa shape index (κ3) is 8.61. The quantitative estimate of drug-likeness (QED) is 0.318. The van der Waals surface area contributed by atoms with Gasteiger partial charge in [-0.15, -0.1) is 0 Å². The summed E-state index contributed by atoms with van der Waals surface area (Å²) in [5.41, 5.74) is 0.912. The Bertz CT molecular complexity index is 1400. The number of sulfonamides is 1. The Hall–Kier alpha value is -3.27. The fourth-order valence-electron chi connectivity index (χ4n) is 3.74. The normalized spacial score (nSPS) is 12.1. The van der Waals surface area contributed by atoms with Crippen LogP contribution in [0.1, 0.15) is 26.3 Å². The molecule has 11 heteroatoms. The van der Waals surface area contributed by atoms with Crippen molar-refractivity contribution >= 4 is 50.7 Å². The van der Waals surface area contributed by atoms with Crippen molar-refractivity contribution in [2.24, 2.45) is 0 Å². The Kier molecular flexibility index (Phi) is 10.2. The number of benzene rings is 3. The standard InChI is InChI=1S/C28H31Cl2N3O5S/c1-19(2)31-28(35)20(3)32(17-21-10-15-25(29)26(30)16-21)27(34)18-33(39(4,36)37)22-11-13-24(14-12-22)38-23-8-6-5-7-9-23/h5-16,19-20H,17-18H2,1-4H3,(H,31,35)/t20-/m1/s1. The number of ether oxygens (including phenoxy) is 1. The molecule has 0 radical (unpaired) electrons. The average Bonchev–Trinajstić information content (AvgIpc) is 2.87. The van der Waals surface area contributed by atoms with Crippen LogP contribution < -0.4 is 14.4 Å². The van der Waals surface area contributed by atoms with Gasteiger partial charge in [0.25, 0.3) is 0 Å². The molecule has 0 saturated carbocycles. The van der Waals surface area contributed by atoms with E-state index in [-0.39, 0.29) is 24.2 Å². The number of nitrogens with zero attached hydrogens (tertiary/aromatic N) is 2. The molecule has 0 heterocycles. The SMILES string of the molecule is CC(C)NC(=O)[C@@H](C)N(Cc1ccc(Cl)c(Cl)c1)C(=O)CN(c1ccc(Oc2ccccc2)cc1)S(C)(=O)=O. The number of carbonyl (C=O) groups excluding carboxylic acids is 2. The number of para-hydroxylation sites is 1. The molecule has 208 valence electrons. The van der Waals surface area contributed by atoms with Crippen molar-refractivity contribution < 1.29 is 22.7 Å². The number of amides is 2. The van der Waals surface area contributed by atoms with Gasteiger partial charge in [0.05, 0.1) is 22.0 Å². The number of nitrogens with one attached hydrogen (secondary N) is 1. The number of anilines is 1. The van der Waals surface area contributed by atoms with E-state index in [4.69, 9.17) is 27.9 Å². The molecule has 0 aliphatic rings. The first-order chi connectivity index (χ1) is 18.3. The Balaban J connectivity index is 1.88. The lowest BCUT2D eigenvalue weighted by atomic mass is 10.1. The first-order valence-corrected chi connectivity index (χ1v) is 14.8. The van der Waals surface area contributed by atoms with E-state index in [9.17, 15) is 18.0 Å². The van der Waals surface area contributed by atoms with E-state index in [1.54, 1.807) is 61.5 Å². The van der Waals surface area contributed by atoms with Gasteiger partial charge in [-0.3, -0.25) is 13.9 Å². The minimum atomic E-state index is -3.86. The minimum absolute atomic E-state index is 0.0177. The van der Waals surface area contributed by atoms with Gasteiger partial charge in [-0.05, 0) is 74.9 Å². The van der Waals surface area contributed by atoms with Gasteiger partial charge in [0.2, 0.25) is 21.8 Å². The molecular weight excluding hydrogens is 561 g/mol. The molecule has 0 unspecified atom stereocenters. The van der Waals surface area contributed by atoms with E-state index in [0.29, 0.717) is 27.1 Å². The molecule has 0 fully saturated rings. The minimum Gasteiger partial charge on any atom is -0.457 e. The Morgan fingerprint density at radius 1 is 0.897 bits per heavy atom. The summed E-state index contributed by atoms with van der Waals surface area (Å²) in [4.78, 5) is 27.8. The molecule has 3 rings (SSSR count). The van der Waals surface area contributed by atoms with Gasteiger partial charge in [-0.25, -0.2) is 8.42 Å². The maximum Gasteiger partial charge on any atom is 0.244 e. The first-order valence-electron chi connectivity index (χ1n) is 12.2. The maximum absolute atomic E-state index is 13.6. The summed E-state index contributed by atoms with van der Waals surface area (Å²) in [6, 6.07) is 19.4. The topological polar surface area (TPSA) is 96.0 Å². The van der Waals surface area contributed by atoms with Crippen LogP contribution in [0.3, 0.4) is 0 Å². The van der Waals surface area contributed by atoms with Crippen molar-refractivity contribution in [3.63, 3.8) is 0 Å². The van der Waals surface area contributed by atoms with Crippen LogP contribution in [0.15, 0.2) is 72.8 Å². The van der Waals surface area contributed by atoms with Gasteiger partial charge in [0, 0.05) is 12.6 Å². The number of hydrogen-bond acceptors (Lipinski definition) is 5. The summed E-state index contributed by atoms with van der Waals surface area (Å²) in [5, 5.41) is 3.46. The van der Waals surface area contributed by atoms with Crippen LogP contribution in [0.5, 0.6) is 11.5 Å². The van der Waals surface area contributed by atoms with Gasteiger partial charge in [0.1, 0.15) is 24.1 Å². The molecule has 0 saturated heterocycles. The summed E-state index contributed by atoms with van der Waals surface area (Å²) < 4.78 is 32.3. The lowest BCUT2D eigenvalue weighted by Crippen LogP contribution is -2.52. The Labute approximate surface area is 239 Å². The Morgan fingerprint density at radius 2 is 1.51 bits per heavy atom. The largest absolute Gasteiger partial charge is 0.457 e. The van der Waals surface area contributed by atoms with Crippen molar-refractivity contribution in [3.8, 4) is 11.5 Å². The predicted molar refractivity (Wildman–Crippen MR) is 155 cm³/mol. The zero-order valence-electron chi connectivity index (χ0n) is 22.1. The van der Waals surface area contributed by atoms with Crippen molar-refractivity contribution in [3.05, 3.63) is 88.4 Å². The fraction of sp³-hybridized carbons (Fsp3) is 0.286. The number of halogens is 2. The molecule has 0 aromatic heterocycles. The molecule has 8 nitrogen and oxygen atoms in total. The zero-order chi connectivity index (χ0) is 28.7. The van der Waals surface area contributed by atoms with E-state index in [2.05, 4.69) is 5.32 Å². The number of carbonyl (C=O) groups is 2. The van der Waals surface area contributed by atoms with E-state index in [1.165, 1.54) is 4.90 Å². The van der Waals surface area contributed by atoms with Crippen LogP contribution in [0.25, 0.3) is 0 Å². The molecule has 1 atom stereocenters. The summed E-state index contributed by atoms with van der Waals surface area (Å²) in [5.74, 6) is 0.200. The van der Waals surface area contributed by atoms with Crippen LogP contribution >= 0.6 is 23.2 Å². The van der Waals surface area contributed by atoms with E-state index in [1.807, 2.05) is 32.0 Å². The van der Waals surface area contributed by atoms with Crippen molar-refractivity contribution in [2.75, 3.05) is 17.1 Å². The van der Waals surface area contributed by atoms with E-state index in [0.717, 1.165) is 10.6 Å². The average molecular weight is 593 g/mol. The van der Waals surface area contributed by atoms with Gasteiger partial charge >= 0.3 is 0 Å². The molecule has 2 amide bonds. The molecule has 0 spiro atoms. The van der Waals surface area contributed by atoms with Crippen LogP contribution in [-0.4, -0.2) is 50.0 Å². The fourth-order valence-corrected chi connectivity index (χ4v) is 4.91. The lowest BCUT2D eigenvalue weighted by Gasteiger charge is -2.32. The van der Waals surface area contributed by atoms with Gasteiger partial charge < -0.3 is 15.0 Å². The van der Waals surface area contributed by atoms with E-state index < -0.39 is 28.5 Å².